The zero-order chi connectivity index (χ0) is 14.0. The van der Waals surface area contributed by atoms with Crippen molar-refractivity contribution < 1.29 is 14.6 Å². The van der Waals surface area contributed by atoms with Crippen molar-refractivity contribution in [1.82, 2.24) is 0 Å². The summed E-state index contributed by atoms with van der Waals surface area (Å²) in [5.41, 5.74) is 0. The van der Waals surface area contributed by atoms with Crippen LogP contribution in [0.25, 0.3) is 10.8 Å². The Morgan fingerprint density at radius 2 is 2.11 bits per heavy atom. The fraction of sp³-hybridized carbons (Fsp3) is 0.214. The average Bonchev–Trinajstić information content (AvgIpc) is 2.38. The Labute approximate surface area is 138 Å². The van der Waals surface area contributed by atoms with E-state index in [-0.39, 0.29) is 11.7 Å². The summed E-state index contributed by atoms with van der Waals surface area (Å²) in [7, 11) is 0. The van der Waals surface area contributed by atoms with Gasteiger partial charge in [-0.25, -0.2) is 0 Å². The van der Waals surface area contributed by atoms with Crippen molar-refractivity contribution in [3.63, 3.8) is 0 Å². The summed E-state index contributed by atoms with van der Waals surface area (Å²) in [6.07, 6.45) is 0. The van der Waals surface area contributed by atoms with E-state index in [1.54, 1.807) is 30.3 Å². The predicted octanol–water partition coefficient (Wildman–Crippen LogP) is 4.08. The van der Waals surface area contributed by atoms with Crippen LogP contribution in [0, 0.1) is 0 Å². The van der Waals surface area contributed by atoms with E-state index in [1.807, 2.05) is 13.0 Å². The Kier molecular flexibility index (Phi) is 4.54. The normalized spacial score (nSPS) is 14.1. The number of phenols is 1. The fourth-order valence-electron chi connectivity index (χ4n) is 1.59. The number of hydrogen-bond acceptors (Lipinski definition) is 3. The van der Waals surface area contributed by atoms with Gasteiger partial charge >= 0.3 is 5.97 Å². The van der Waals surface area contributed by atoms with Crippen LogP contribution in [0.5, 0.6) is 11.5 Å². The predicted molar refractivity (Wildman–Crippen MR) is 92.6 cm³/mol. The molecule has 0 aliphatic rings. The first-order valence-electron chi connectivity index (χ1n) is 5.63. The van der Waals surface area contributed by atoms with Crippen LogP contribution in [0.4, 0.5) is 0 Å². The van der Waals surface area contributed by atoms with Gasteiger partial charge in [0.05, 0.1) is 0 Å². The highest BCUT2D eigenvalue weighted by atomic mass is 127. The topological polar surface area (TPSA) is 46.5 Å². The van der Waals surface area contributed by atoms with Gasteiger partial charge in [0.15, 0.2) is 0 Å². The molecule has 0 heterocycles. The maximum Gasteiger partial charge on any atom is 0.327 e. The number of aromatic hydroxyl groups is 1. The number of benzene rings is 2. The molecule has 1 unspecified atom stereocenters. The molecule has 0 saturated heterocycles. The van der Waals surface area contributed by atoms with Crippen molar-refractivity contribution >= 4 is 61.9 Å². The number of phenolic OH excluding ortho intramolecular Hbond substituents is 1. The highest BCUT2D eigenvalue weighted by molar-refractivity contribution is 14.1. The van der Waals surface area contributed by atoms with Gasteiger partial charge in [-0.05, 0) is 36.6 Å². The van der Waals surface area contributed by atoms with Crippen LogP contribution in [0.1, 0.15) is 6.92 Å². The summed E-state index contributed by atoms with van der Waals surface area (Å²) in [5, 5.41) is 11.1. The first-order chi connectivity index (χ1) is 8.94. The molecule has 0 fully saturated rings. The van der Waals surface area contributed by atoms with Crippen molar-refractivity contribution in [2.24, 2.45) is 0 Å². The minimum atomic E-state index is -0.544. The molecular formula is C14H12I2O3. The van der Waals surface area contributed by atoms with Gasteiger partial charge in [0.2, 0.25) is 0 Å². The number of fused-ring (bicyclic) bond motifs is 1. The smallest absolute Gasteiger partial charge is 0.327 e. The zero-order valence-corrected chi connectivity index (χ0v) is 14.5. The number of esters is 1. The van der Waals surface area contributed by atoms with E-state index >= 15 is 0 Å². The van der Waals surface area contributed by atoms with Gasteiger partial charge in [0, 0.05) is 9.81 Å². The Bertz CT molecular complexity index is 623. The molecule has 0 aliphatic heterocycles. The van der Waals surface area contributed by atoms with E-state index in [0.717, 1.165) is 10.8 Å². The largest absolute Gasteiger partial charge is 0.508 e. The molecule has 0 aromatic heterocycles. The summed E-state index contributed by atoms with van der Waals surface area (Å²) in [5.74, 6) is 0.459. The number of alkyl halides is 2. The summed E-state index contributed by atoms with van der Waals surface area (Å²) in [6, 6.07) is 10.4. The summed E-state index contributed by atoms with van der Waals surface area (Å²) in [4.78, 5) is 12.1. The van der Waals surface area contributed by atoms with Gasteiger partial charge in [0.25, 0.3) is 0 Å². The molecule has 3 nitrogen and oxygen atoms in total. The number of ether oxygens (including phenoxy) is 1. The van der Waals surface area contributed by atoms with Crippen LogP contribution in [0.15, 0.2) is 36.4 Å². The first kappa shape index (κ1) is 14.8. The van der Waals surface area contributed by atoms with Crippen LogP contribution in [-0.2, 0) is 4.79 Å². The maximum absolute atomic E-state index is 12.1. The number of halogens is 2. The molecule has 0 saturated carbocycles. The molecule has 0 bridgehead atoms. The molecule has 0 spiro atoms. The van der Waals surface area contributed by atoms with Crippen molar-refractivity contribution in [3.8, 4) is 11.5 Å². The van der Waals surface area contributed by atoms with Crippen LogP contribution in [-0.4, -0.2) is 18.9 Å². The third kappa shape index (κ3) is 3.31. The highest BCUT2D eigenvalue weighted by Crippen LogP contribution is 2.31. The van der Waals surface area contributed by atoms with Crippen LogP contribution in [0.3, 0.4) is 0 Å². The molecule has 2 aromatic rings. The van der Waals surface area contributed by atoms with E-state index in [2.05, 4.69) is 45.2 Å². The van der Waals surface area contributed by atoms with E-state index in [0.29, 0.717) is 10.2 Å². The second-order valence-electron chi connectivity index (χ2n) is 4.38. The van der Waals surface area contributed by atoms with Crippen LogP contribution < -0.4 is 4.74 Å². The standard InChI is InChI=1S/C14H12I2O3/c1-14(16,8-15)13(18)19-12-4-2-3-9-7-10(17)5-6-11(9)12/h2-7,17H,8H2,1H3. The quantitative estimate of drug-likeness (QED) is 0.311. The van der Waals surface area contributed by atoms with Crippen LogP contribution >= 0.6 is 45.2 Å². The lowest BCUT2D eigenvalue weighted by atomic mass is 10.1. The van der Waals surface area contributed by atoms with E-state index in [1.165, 1.54) is 0 Å². The second kappa shape index (κ2) is 5.82. The van der Waals surface area contributed by atoms with Gasteiger partial charge in [-0.3, -0.25) is 4.79 Å². The molecule has 0 radical (unpaired) electrons. The summed E-state index contributed by atoms with van der Waals surface area (Å²) in [6.45, 7) is 1.85. The molecule has 2 rings (SSSR count). The number of hydrogen-bond donors (Lipinski definition) is 1. The first-order valence-corrected chi connectivity index (χ1v) is 8.23. The molecule has 19 heavy (non-hydrogen) atoms. The van der Waals surface area contributed by atoms with Crippen LogP contribution in [0.2, 0.25) is 0 Å². The molecule has 5 heteroatoms. The molecule has 1 N–H and O–H groups in total. The number of rotatable bonds is 3. The third-order valence-corrected chi connectivity index (χ3v) is 6.51. The number of carbonyl (C=O) groups excluding carboxylic acids is 1. The molecule has 100 valence electrons. The lowest BCUT2D eigenvalue weighted by Crippen LogP contribution is -2.34. The molecule has 0 aliphatic carbocycles. The monoisotopic (exact) mass is 482 g/mol. The minimum Gasteiger partial charge on any atom is -0.508 e. The maximum atomic E-state index is 12.1. The average molecular weight is 482 g/mol. The summed E-state index contributed by atoms with van der Waals surface area (Å²) < 4.78 is 5.62. The lowest BCUT2D eigenvalue weighted by Gasteiger charge is -2.18. The molecule has 2 aromatic carbocycles. The Hall–Kier alpha value is -0.570. The Balaban J connectivity index is 2.39. The lowest BCUT2D eigenvalue weighted by molar-refractivity contribution is -0.135. The SMILES string of the molecule is CC(I)(CI)C(=O)Oc1cccc2cc(O)ccc12. The highest BCUT2D eigenvalue weighted by Gasteiger charge is 2.31. The second-order valence-corrected chi connectivity index (χ2v) is 7.53. The van der Waals surface area contributed by atoms with Crippen molar-refractivity contribution in [2.75, 3.05) is 4.43 Å². The van der Waals surface area contributed by atoms with E-state index in [4.69, 9.17) is 4.74 Å². The van der Waals surface area contributed by atoms with Crippen molar-refractivity contribution in [3.05, 3.63) is 36.4 Å². The fourth-order valence-corrected chi connectivity index (χ4v) is 2.01. The molecular weight excluding hydrogens is 470 g/mol. The van der Waals surface area contributed by atoms with E-state index in [9.17, 15) is 9.90 Å². The summed E-state index contributed by atoms with van der Waals surface area (Å²) >= 11 is 4.27. The third-order valence-electron chi connectivity index (χ3n) is 2.70. The zero-order valence-electron chi connectivity index (χ0n) is 10.2. The number of carbonyl (C=O) groups is 1. The Morgan fingerprint density at radius 3 is 2.79 bits per heavy atom. The molecule has 1 atom stereocenters. The molecule has 0 amide bonds. The van der Waals surface area contributed by atoms with Crippen molar-refractivity contribution in [2.45, 2.75) is 10.3 Å². The Morgan fingerprint density at radius 1 is 1.37 bits per heavy atom. The van der Waals surface area contributed by atoms with Gasteiger partial charge < -0.3 is 9.84 Å². The van der Waals surface area contributed by atoms with Crippen molar-refractivity contribution in [1.29, 1.82) is 0 Å². The van der Waals surface area contributed by atoms with Gasteiger partial charge in [-0.1, -0.05) is 57.3 Å². The van der Waals surface area contributed by atoms with Gasteiger partial charge in [0.1, 0.15) is 14.9 Å². The minimum absolute atomic E-state index is 0.196. The van der Waals surface area contributed by atoms with Gasteiger partial charge in [-0.2, -0.15) is 0 Å². The van der Waals surface area contributed by atoms with Gasteiger partial charge in [-0.15, -0.1) is 0 Å². The van der Waals surface area contributed by atoms with E-state index < -0.39 is 3.42 Å².